The molecule has 0 amide bonds. The maximum atomic E-state index is 8.84. The van der Waals surface area contributed by atoms with Crippen LogP contribution in [0.15, 0.2) is 18.2 Å². The van der Waals surface area contributed by atoms with E-state index in [4.69, 9.17) is 26.7 Å². The molecular formula is C12H14ClNO2. The number of nitrogens with zero attached hydrogens (tertiary/aromatic N) is 1. The summed E-state index contributed by atoms with van der Waals surface area (Å²) < 4.78 is 5.47. The second-order valence-electron chi connectivity index (χ2n) is 3.39. The van der Waals surface area contributed by atoms with Crippen molar-refractivity contribution < 1.29 is 9.84 Å². The molecular weight excluding hydrogens is 226 g/mol. The summed E-state index contributed by atoms with van der Waals surface area (Å²) in [5, 5.41) is 18.0. The SMILES string of the molecule is N#Cc1ccc(Cl)cc1OCCCCCO. The van der Waals surface area contributed by atoms with Gasteiger partial charge in [0, 0.05) is 17.7 Å². The van der Waals surface area contributed by atoms with E-state index in [0.717, 1.165) is 19.3 Å². The zero-order chi connectivity index (χ0) is 11.8. The van der Waals surface area contributed by atoms with Gasteiger partial charge < -0.3 is 9.84 Å². The Morgan fingerprint density at radius 1 is 1.31 bits per heavy atom. The number of rotatable bonds is 6. The summed E-state index contributed by atoms with van der Waals surface area (Å²) in [7, 11) is 0. The van der Waals surface area contributed by atoms with Crippen molar-refractivity contribution in [2.45, 2.75) is 19.3 Å². The third-order valence-electron chi connectivity index (χ3n) is 2.12. The van der Waals surface area contributed by atoms with Gasteiger partial charge in [0.05, 0.1) is 12.2 Å². The van der Waals surface area contributed by atoms with E-state index in [0.29, 0.717) is 22.9 Å². The average molecular weight is 240 g/mol. The second kappa shape index (κ2) is 7.10. The number of aliphatic hydroxyl groups is 1. The maximum absolute atomic E-state index is 8.84. The number of ether oxygens (including phenoxy) is 1. The fourth-order valence-electron chi connectivity index (χ4n) is 1.28. The second-order valence-corrected chi connectivity index (χ2v) is 3.82. The van der Waals surface area contributed by atoms with E-state index in [9.17, 15) is 0 Å². The predicted octanol–water partition coefficient (Wildman–Crippen LogP) is 2.75. The zero-order valence-corrected chi connectivity index (χ0v) is 9.70. The highest BCUT2D eigenvalue weighted by Crippen LogP contribution is 2.22. The molecule has 86 valence electrons. The van der Waals surface area contributed by atoms with E-state index in [1.54, 1.807) is 18.2 Å². The lowest BCUT2D eigenvalue weighted by Gasteiger charge is -2.07. The van der Waals surface area contributed by atoms with E-state index < -0.39 is 0 Å². The normalized spacial score (nSPS) is 9.81. The average Bonchev–Trinajstić information content (AvgIpc) is 2.29. The summed E-state index contributed by atoms with van der Waals surface area (Å²) >= 11 is 5.81. The monoisotopic (exact) mass is 239 g/mol. The highest BCUT2D eigenvalue weighted by Gasteiger charge is 2.03. The first kappa shape index (κ1) is 12.8. The minimum Gasteiger partial charge on any atom is -0.492 e. The maximum Gasteiger partial charge on any atom is 0.138 e. The van der Waals surface area contributed by atoms with Crippen LogP contribution in [-0.4, -0.2) is 18.3 Å². The van der Waals surface area contributed by atoms with Gasteiger partial charge in [-0.3, -0.25) is 0 Å². The van der Waals surface area contributed by atoms with Gasteiger partial charge in [-0.1, -0.05) is 11.6 Å². The summed E-state index contributed by atoms with van der Waals surface area (Å²) in [5.74, 6) is 0.527. The van der Waals surface area contributed by atoms with E-state index in [1.165, 1.54) is 0 Å². The molecule has 3 nitrogen and oxygen atoms in total. The van der Waals surface area contributed by atoms with Crippen LogP contribution in [-0.2, 0) is 0 Å². The third-order valence-corrected chi connectivity index (χ3v) is 2.36. The van der Waals surface area contributed by atoms with Crippen LogP contribution in [0.1, 0.15) is 24.8 Å². The lowest BCUT2D eigenvalue weighted by molar-refractivity contribution is 0.266. The molecule has 0 fully saturated rings. The first-order chi connectivity index (χ1) is 7.77. The number of nitriles is 1. The van der Waals surface area contributed by atoms with Crippen molar-refractivity contribution >= 4 is 11.6 Å². The Hall–Kier alpha value is -1.24. The highest BCUT2D eigenvalue weighted by atomic mass is 35.5. The Kier molecular flexibility index (Phi) is 5.69. The molecule has 0 aliphatic carbocycles. The summed E-state index contributed by atoms with van der Waals surface area (Å²) in [6.45, 7) is 0.746. The van der Waals surface area contributed by atoms with Crippen molar-refractivity contribution in [2.75, 3.05) is 13.2 Å². The largest absolute Gasteiger partial charge is 0.492 e. The topological polar surface area (TPSA) is 53.2 Å². The lowest BCUT2D eigenvalue weighted by atomic mass is 10.2. The molecule has 16 heavy (non-hydrogen) atoms. The van der Waals surface area contributed by atoms with Crippen LogP contribution in [0.3, 0.4) is 0 Å². The summed E-state index contributed by atoms with van der Waals surface area (Å²) in [4.78, 5) is 0. The number of hydrogen-bond donors (Lipinski definition) is 1. The number of unbranched alkanes of at least 4 members (excludes halogenated alkanes) is 2. The van der Waals surface area contributed by atoms with Crippen LogP contribution in [0.25, 0.3) is 0 Å². The van der Waals surface area contributed by atoms with Crippen molar-refractivity contribution in [3.63, 3.8) is 0 Å². The first-order valence-corrected chi connectivity index (χ1v) is 5.59. The number of aliphatic hydroxyl groups excluding tert-OH is 1. The molecule has 0 bridgehead atoms. The van der Waals surface area contributed by atoms with Crippen molar-refractivity contribution in [3.05, 3.63) is 28.8 Å². The third kappa shape index (κ3) is 4.09. The van der Waals surface area contributed by atoms with E-state index in [1.807, 2.05) is 0 Å². The van der Waals surface area contributed by atoms with Crippen molar-refractivity contribution in [1.29, 1.82) is 5.26 Å². The Balaban J connectivity index is 2.46. The molecule has 4 heteroatoms. The van der Waals surface area contributed by atoms with Gasteiger partial charge in [0.2, 0.25) is 0 Å². The van der Waals surface area contributed by atoms with Gasteiger partial charge in [-0.2, -0.15) is 5.26 Å². The molecule has 0 aromatic heterocycles. The number of hydrogen-bond acceptors (Lipinski definition) is 3. The number of halogens is 1. The Labute approximate surface area is 100 Å². The minimum atomic E-state index is 0.209. The molecule has 1 aromatic rings. The fraction of sp³-hybridized carbons (Fsp3) is 0.417. The molecule has 0 aliphatic rings. The molecule has 0 saturated heterocycles. The molecule has 0 spiro atoms. The molecule has 0 unspecified atom stereocenters. The Morgan fingerprint density at radius 2 is 2.12 bits per heavy atom. The van der Waals surface area contributed by atoms with E-state index in [-0.39, 0.29) is 6.61 Å². The summed E-state index contributed by atoms with van der Waals surface area (Å²) in [6, 6.07) is 7.01. The zero-order valence-electron chi connectivity index (χ0n) is 8.95. The lowest BCUT2D eigenvalue weighted by Crippen LogP contribution is -1.99. The van der Waals surface area contributed by atoms with E-state index in [2.05, 4.69) is 6.07 Å². The van der Waals surface area contributed by atoms with Crippen LogP contribution in [0.2, 0.25) is 5.02 Å². The van der Waals surface area contributed by atoms with Gasteiger partial charge in [-0.25, -0.2) is 0 Å². The standard InChI is InChI=1S/C12H14ClNO2/c13-11-5-4-10(9-14)12(8-11)16-7-3-1-2-6-15/h4-5,8,15H,1-3,6-7H2. The smallest absolute Gasteiger partial charge is 0.138 e. The Morgan fingerprint density at radius 3 is 2.81 bits per heavy atom. The summed E-state index contributed by atoms with van der Waals surface area (Å²) in [6.07, 6.45) is 2.56. The minimum absolute atomic E-state index is 0.209. The van der Waals surface area contributed by atoms with Crippen molar-refractivity contribution in [2.24, 2.45) is 0 Å². The molecule has 0 atom stereocenters. The van der Waals surface area contributed by atoms with Gasteiger partial charge in [-0.05, 0) is 31.4 Å². The van der Waals surface area contributed by atoms with Crippen LogP contribution in [0.5, 0.6) is 5.75 Å². The van der Waals surface area contributed by atoms with Crippen molar-refractivity contribution in [3.8, 4) is 11.8 Å². The molecule has 1 aromatic carbocycles. The fourth-order valence-corrected chi connectivity index (χ4v) is 1.44. The molecule has 0 radical (unpaired) electrons. The van der Waals surface area contributed by atoms with Gasteiger partial charge in [0.15, 0.2) is 0 Å². The van der Waals surface area contributed by atoms with Crippen LogP contribution in [0, 0.1) is 11.3 Å². The Bertz CT molecular complexity index is 374. The van der Waals surface area contributed by atoms with Crippen molar-refractivity contribution in [1.82, 2.24) is 0 Å². The van der Waals surface area contributed by atoms with Gasteiger partial charge in [0.25, 0.3) is 0 Å². The van der Waals surface area contributed by atoms with Crippen LogP contribution < -0.4 is 4.74 Å². The van der Waals surface area contributed by atoms with E-state index >= 15 is 0 Å². The molecule has 0 saturated carbocycles. The summed E-state index contributed by atoms with van der Waals surface area (Å²) in [5.41, 5.74) is 0.492. The molecule has 0 aliphatic heterocycles. The molecule has 1 rings (SSSR count). The first-order valence-electron chi connectivity index (χ1n) is 5.21. The highest BCUT2D eigenvalue weighted by molar-refractivity contribution is 6.30. The van der Waals surface area contributed by atoms with Crippen LogP contribution >= 0.6 is 11.6 Å². The van der Waals surface area contributed by atoms with Gasteiger partial charge in [0.1, 0.15) is 11.8 Å². The quantitative estimate of drug-likeness (QED) is 0.777. The van der Waals surface area contributed by atoms with Crippen LogP contribution in [0.4, 0.5) is 0 Å². The van der Waals surface area contributed by atoms with Gasteiger partial charge in [-0.15, -0.1) is 0 Å². The predicted molar refractivity (Wildman–Crippen MR) is 62.6 cm³/mol. The molecule has 1 N–H and O–H groups in total. The number of benzene rings is 1. The molecule has 0 heterocycles. The van der Waals surface area contributed by atoms with Gasteiger partial charge >= 0.3 is 0 Å².